The van der Waals surface area contributed by atoms with E-state index in [4.69, 9.17) is 24.5 Å². The van der Waals surface area contributed by atoms with Crippen molar-refractivity contribution in [1.29, 1.82) is 0 Å². The summed E-state index contributed by atoms with van der Waals surface area (Å²) in [7, 11) is 0. The first-order valence-electron chi connectivity index (χ1n) is 20.1. The highest BCUT2D eigenvalue weighted by Crippen LogP contribution is 2.32. The van der Waals surface area contributed by atoms with E-state index in [0.717, 1.165) is 91.3 Å². The van der Waals surface area contributed by atoms with Crippen LogP contribution in [0, 0.1) is 24.7 Å². The number of hydrogen-bond donors (Lipinski definition) is 4. The third-order valence-electron chi connectivity index (χ3n) is 10.9. The number of rotatable bonds is 10. The average molecular weight is 783 g/mol. The van der Waals surface area contributed by atoms with E-state index in [1.165, 1.54) is 0 Å². The minimum absolute atomic E-state index is 0.0708. The molecular formula is C45H58N4O8. The van der Waals surface area contributed by atoms with E-state index in [1.807, 2.05) is 69.9 Å². The number of carbonyl (C=O) groups is 4. The third kappa shape index (κ3) is 11.9. The molecule has 0 radical (unpaired) electrons. The number of carbonyl (C=O) groups excluding carboxylic acids is 2. The molecule has 3 heterocycles. The molecule has 3 saturated heterocycles. The fourth-order valence-corrected chi connectivity index (χ4v) is 8.09. The second kappa shape index (κ2) is 19.8. The number of carboxylic acids is 1. The van der Waals surface area contributed by atoms with Gasteiger partial charge in [0, 0.05) is 35.2 Å². The van der Waals surface area contributed by atoms with Crippen LogP contribution in [0.3, 0.4) is 0 Å². The number of nitrogens with one attached hydrogen (secondary N) is 2. The Balaban J connectivity index is 0.00000200. The van der Waals surface area contributed by atoms with Gasteiger partial charge in [-0.15, -0.1) is 0 Å². The summed E-state index contributed by atoms with van der Waals surface area (Å²) in [4.78, 5) is 50.3. The Bertz CT molecular complexity index is 1930. The second-order valence-electron chi connectivity index (χ2n) is 16.4. The van der Waals surface area contributed by atoms with Crippen molar-refractivity contribution in [3.05, 3.63) is 76.9 Å². The topological polar surface area (TPSA) is 158 Å². The molecule has 306 valence electrons. The number of aliphatic carboxylic acids is 1. The molecule has 57 heavy (non-hydrogen) atoms. The van der Waals surface area contributed by atoms with Crippen LogP contribution in [0.15, 0.2) is 54.6 Å². The van der Waals surface area contributed by atoms with E-state index in [0.29, 0.717) is 24.7 Å². The van der Waals surface area contributed by atoms with Crippen molar-refractivity contribution >= 4 is 40.9 Å². The second-order valence-corrected chi connectivity index (χ2v) is 16.4. The Morgan fingerprint density at radius 3 is 2.32 bits per heavy atom. The number of ether oxygens (including phenoxy) is 2. The van der Waals surface area contributed by atoms with Crippen LogP contribution in [0.2, 0.25) is 0 Å². The van der Waals surface area contributed by atoms with Gasteiger partial charge in [0.15, 0.2) is 0 Å². The zero-order valence-corrected chi connectivity index (χ0v) is 33.9. The minimum Gasteiger partial charge on any atom is -0.483 e. The van der Waals surface area contributed by atoms with Crippen molar-refractivity contribution in [2.24, 2.45) is 5.92 Å². The lowest BCUT2D eigenvalue weighted by molar-refractivity contribution is -0.137. The van der Waals surface area contributed by atoms with Crippen LogP contribution in [-0.2, 0) is 19.1 Å². The highest BCUT2D eigenvalue weighted by atomic mass is 16.6. The SMILES string of the molecule is Cc1ccc(NC2CC3COCC(C2)N3C(=O)OC(C)(C)C)cc1C(=O)N[C@H](C)c1ccc(C#CC2CCN(CCCCC(=O)O)CC2)c2ccccc12.O=CO. The summed E-state index contributed by atoms with van der Waals surface area (Å²) in [5, 5.41) is 24.8. The van der Waals surface area contributed by atoms with Crippen molar-refractivity contribution in [2.75, 3.05) is 38.2 Å². The Labute approximate surface area is 336 Å². The van der Waals surface area contributed by atoms with Gasteiger partial charge in [-0.1, -0.05) is 48.2 Å². The maximum Gasteiger partial charge on any atom is 0.410 e. The summed E-state index contributed by atoms with van der Waals surface area (Å²) in [5.41, 5.74) is 3.87. The molecule has 0 aliphatic carbocycles. The normalized spacial score (nSPS) is 20.2. The zero-order valence-electron chi connectivity index (χ0n) is 33.9. The molecule has 12 nitrogen and oxygen atoms in total. The predicted octanol–water partition coefficient (Wildman–Crippen LogP) is 7.24. The number of anilines is 1. The Morgan fingerprint density at radius 1 is 1.00 bits per heavy atom. The summed E-state index contributed by atoms with van der Waals surface area (Å²) in [6.07, 6.45) is 5.09. The van der Waals surface area contributed by atoms with Gasteiger partial charge in [0.2, 0.25) is 0 Å². The molecule has 3 aromatic carbocycles. The lowest BCUT2D eigenvalue weighted by atomic mass is 9.90. The van der Waals surface area contributed by atoms with Crippen LogP contribution in [0.5, 0.6) is 0 Å². The minimum atomic E-state index is -0.723. The summed E-state index contributed by atoms with van der Waals surface area (Å²) in [6.45, 7) is 13.3. The summed E-state index contributed by atoms with van der Waals surface area (Å²) >= 11 is 0. The molecule has 0 spiro atoms. The molecule has 0 aromatic heterocycles. The van der Waals surface area contributed by atoms with E-state index in [1.54, 1.807) is 0 Å². The highest BCUT2D eigenvalue weighted by Gasteiger charge is 2.43. The standard InChI is InChI=1S/C44H56N4O6.CH2O2/c1-29-13-17-33(46-34-24-35-27-53-28-36(25-34)48(35)43(52)54-44(3,4)5)26-40(29)42(51)45-30(2)37-18-16-32(38-10-6-7-11-39(37)38)15-14-31-19-22-47(23-20-31)21-9-8-12-41(49)50;2-1-3/h6-7,10-11,13,16-18,26,30-31,34-36,46H,8-9,12,19-25,27-28H2,1-5H3,(H,45,51)(H,49,50);1H,(H,2,3)/t30-,34?,35?,36?;/m1./s1. The Morgan fingerprint density at radius 2 is 1.67 bits per heavy atom. The Hall–Kier alpha value is -5.12. The zero-order chi connectivity index (χ0) is 41.1. The van der Waals surface area contributed by atoms with E-state index in [2.05, 4.69) is 51.6 Å². The van der Waals surface area contributed by atoms with Gasteiger partial charge in [-0.2, -0.15) is 0 Å². The number of unbranched alkanes of at least 4 members (excludes halogenated alkanes) is 1. The van der Waals surface area contributed by atoms with E-state index in [-0.39, 0.29) is 49.1 Å². The van der Waals surface area contributed by atoms with Crippen LogP contribution >= 0.6 is 0 Å². The van der Waals surface area contributed by atoms with Crippen LogP contribution in [0.1, 0.15) is 106 Å². The molecule has 4 N–H and O–H groups in total. The lowest BCUT2D eigenvalue weighted by Crippen LogP contribution is -2.61. The summed E-state index contributed by atoms with van der Waals surface area (Å²) in [5.74, 6) is 6.51. The number of morpholine rings is 1. The number of amides is 2. The number of carboxylic acid groups (broad SMARTS) is 2. The first-order valence-corrected chi connectivity index (χ1v) is 20.1. The fourth-order valence-electron chi connectivity index (χ4n) is 8.09. The van der Waals surface area contributed by atoms with Gasteiger partial charge in [0.25, 0.3) is 12.4 Å². The number of benzene rings is 3. The van der Waals surface area contributed by atoms with Gasteiger partial charge in [0.05, 0.1) is 31.3 Å². The van der Waals surface area contributed by atoms with Crippen LogP contribution in [0.25, 0.3) is 10.8 Å². The van der Waals surface area contributed by atoms with Gasteiger partial charge < -0.3 is 35.2 Å². The van der Waals surface area contributed by atoms with Crippen LogP contribution in [-0.4, -0.2) is 101 Å². The van der Waals surface area contributed by atoms with Crippen molar-refractivity contribution in [2.45, 2.75) is 109 Å². The monoisotopic (exact) mass is 782 g/mol. The number of nitrogens with zero attached hydrogens (tertiary/aromatic N) is 2. The molecule has 3 aliphatic rings. The van der Waals surface area contributed by atoms with Gasteiger partial charge in [0.1, 0.15) is 5.60 Å². The van der Waals surface area contributed by atoms with Crippen molar-refractivity contribution in [3.8, 4) is 11.8 Å². The molecule has 3 fully saturated rings. The quantitative estimate of drug-likeness (QED) is 0.0939. The molecule has 3 aliphatic heterocycles. The average Bonchev–Trinajstić information content (AvgIpc) is 3.16. The fraction of sp³-hybridized carbons (Fsp3) is 0.511. The van der Waals surface area contributed by atoms with E-state index >= 15 is 0 Å². The largest absolute Gasteiger partial charge is 0.483 e. The van der Waals surface area contributed by atoms with Crippen molar-refractivity contribution < 1.29 is 38.9 Å². The van der Waals surface area contributed by atoms with E-state index in [9.17, 15) is 14.4 Å². The first-order chi connectivity index (χ1) is 27.3. The number of piperidine rings is 2. The molecule has 2 unspecified atom stereocenters. The molecule has 12 heteroatoms. The van der Waals surface area contributed by atoms with Crippen molar-refractivity contribution in [1.82, 2.24) is 15.1 Å². The molecular weight excluding hydrogens is 725 g/mol. The van der Waals surface area contributed by atoms with E-state index < -0.39 is 11.6 Å². The Kier molecular flexibility index (Phi) is 15.0. The maximum atomic E-state index is 13.8. The number of fused-ring (bicyclic) bond motifs is 3. The number of aryl methyl sites for hydroxylation is 1. The molecule has 3 aromatic rings. The van der Waals surface area contributed by atoms with Gasteiger partial charge in [-0.05, 0) is 133 Å². The maximum absolute atomic E-state index is 13.8. The summed E-state index contributed by atoms with van der Waals surface area (Å²) in [6, 6.07) is 18.1. The predicted molar refractivity (Wildman–Crippen MR) is 220 cm³/mol. The molecule has 6 rings (SSSR count). The van der Waals surface area contributed by atoms with Gasteiger partial charge >= 0.3 is 12.1 Å². The lowest BCUT2D eigenvalue weighted by Gasteiger charge is -2.48. The van der Waals surface area contributed by atoms with Crippen molar-refractivity contribution in [3.63, 3.8) is 0 Å². The van der Waals surface area contributed by atoms with Gasteiger partial charge in [-0.25, -0.2) is 4.79 Å². The highest BCUT2D eigenvalue weighted by molar-refractivity contribution is 5.97. The third-order valence-corrected chi connectivity index (χ3v) is 10.9. The first kappa shape index (κ1) is 43.0. The molecule has 2 amide bonds. The van der Waals surface area contributed by atoms with Crippen LogP contribution in [0.4, 0.5) is 10.5 Å². The number of hydrogen-bond acceptors (Lipinski definition) is 8. The number of likely N-dealkylation sites (tertiary alicyclic amines) is 1. The molecule has 2 bridgehead atoms. The smallest absolute Gasteiger partial charge is 0.410 e. The molecule has 3 atom stereocenters. The molecule has 0 saturated carbocycles. The van der Waals surface area contributed by atoms with Crippen LogP contribution < -0.4 is 10.6 Å². The summed E-state index contributed by atoms with van der Waals surface area (Å²) < 4.78 is 11.5. The van der Waals surface area contributed by atoms with Gasteiger partial charge in [-0.3, -0.25) is 19.3 Å².